The van der Waals surface area contributed by atoms with E-state index in [0.29, 0.717) is 5.56 Å². The fourth-order valence-corrected chi connectivity index (χ4v) is 2.75. The zero-order chi connectivity index (χ0) is 18.4. The molecule has 25 heavy (non-hydrogen) atoms. The summed E-state index contributed by atoms with van der Waals surface area (Å²) in [6.45, 7) is 1.22. The number of hydrogen-bond acceptors (Lipinski definition) is 5. The number of carbonyl (C=O) groups is 2. The van der Waals surface area contributed by atoms with Gasteiger partial charge in [-0.15, -0.1) is 0 Å². The molecule has 0 aliphatic heterocycles. The first-order chi connectivity index (χ1) is 11.8. The third kappa shape index (κ3) is 4.88. The van der Waals surface area contributed by atoms with E-state index < -0.39 is 21.9 Å². The minimum absolute atomic E-state index is 0.00624. The van der Waals surface area contributed by atoms with Gasteiger partial charge in [-0.3, -0.25) is 4.79 Å². The average Bonchev–Trinajstić information content (AvgIpc) is 2.55. The summed E-state index contributed by atoms with van der Waals surface area (Å²) in [7, 11) is -4.06. The Labute approximate surface area is 144 Å². The van der Waals surface area contributed by atoms with E-state index in [9.17, 15) is 23.1 Å². The van der Waals surface area contributed by atoms with Crippen LogP contribution in [0.4, 0.5) is 5.69 Å². The number of benzene rings is 2. The van der Waals surface area contributed by atoms with Crippen molar-refractivity contribution in [3.05, 3.63) is 59.7 Å². The van der Waals surface area contributed by atoms with Crippen molar-refractivity contribution < 1.29 is 23.1 Å². The Balaban J connectivity index is 2.26. The molecule has 0 aliphatic carbocycles. The normalized spacial score (nSPS) is 11.2. The molecule has 8 nitrogen and oxygen atoms in total. The maximum atomic E-state index is 12.2. The number of anilines is 1. The maximum Gasteiger partial charge on any atom is 0.337 e. The Hall–Kier alpha value is -3.20. The van der Waals surface area contributed by atoms with E-state index in [1.165, 1.54) is 25.3 Å². The summed E-state index contributed by atoms with van der Waals surface area (Å²) in [6, 6.07) is 12.2. The number of hydrogen-bond donors (Lipinski definition) is 3. The Morgan fingerprint density at radius 3 is 2.40 bits per heavy atom. The third-order valence-corrected chi connectivity index (χ3v) is 4.25. The van der Waals surface area contributed by atoms with Gasteiger partial charge in [0.1, 0.15) is 0 Å². The summed E-state index contributed by atoms with van der Waals surface area (Å²) in [4.78, 5) is 24.1. The summed E-state index contributed by atoms with van der Waals surface area (Å²) in [5.74, 6) is -1.84. The number of amides is 1. The predicted octanol–water partition coefficient (Wildman–Crippen LogP) is 1.66. The van der Waals surface area contributed by atoms with Gasteiger partial charge in [0, 0.05) is 6.92 Å². The van der Waals surface area contributed by atoms with Crippen LogP contribution in [0.2, 0.25) is 0 Å². The van der Waals surface area contributed by atoms with E-state index in [2.05, 4.69) is 10.4 Å². The summed E-state index contributed by atoms with van der Waals surface area (Å²) < 4.78 is 24.5. The number of carboxylic acid groups (broad SMARTS) is 1. The maximum absolute atomic E-state index is 12.2. The van der Waals surface area contributed by atoms with Crippen molar-refractivity contribution >= 4 is 33.8 Å². The van der Waals surface area contributed by atoms with Crippen LogP contribution in [0.1, 0.15) is 22.8 Å². The molecule has 0 radical (unpaired) electrons. The van der Waals surface area contributed by atoms with Crippen molar-refractivity contribution in [2.45, 2.75) is 11.8 Å². The third-order valence-electron chi connectivity index (χ3n) is 3.03. The van der Waals surface area contributed by atoms with Crippen LogP contribution in [-0.2, 0) is 14.8 Å². The molecule has 1 amide bonds. The molecule has 0 bridgehead atoms. The number of nitrogens with zero attached hydrogens (tertiary/aromatic N) is 1. The molecule has 0 heterocycles. The largest absolute Gasteiger partial charge is 0.478 e. The highest BCUT2D eigenvalue weighted by Gasteiger charge is 2.19. The number of hydrazone groups is 1. The Bertz CT molecular complexity index is 924. The second-order valence-electron chi connectivity index (χ2n) is 4.96. The second-order valence-corrected chi connectivity index (χ2v) is 6.62. The molecule has 0 atom stereocenters. The Morgan fingerprint density at radius 2 is 1.80 bits per heavy atom. The first-order valence-electron chi connectivity index (χ1n) is 7.04. The van der Waals surface area contributed by atoms with Crippen molar-refractivity contribution in [1.29, 1.82) is 0 Å². The van der Waals surface area contributed by atoms with Gasteiger partial charge < -0.3 is 10.4 Å². The molecule has 0 aliphatic rings. The highest BCUT2D eigenvalue weighted by Crippen LogP contribution is 2.20. The van der Waals surface area contributed by atoms with Gasteiger partial charge in [0.15, 0.2) is 0 Å². The van der Waals surface area contributed by atoms with Gasteiger partial charge in [-0.1, -0.05) is 30.3 Å². The van der Waals surface area contributed by atoms with Crippen LogP contribution in [0.15, 0.2) is 58.5 Å². The van der Waals surface area contributed by atoms with E-state index >= 15 is 0 Å². The molecule has 130 valence electrons. The first kappa shape index (κ1) is 18.1. The number of sulfonamides is 1. The van der Waals surface area contributed by atoms with Crippen molar-refractivity contribution in [3.63, 3.8) is 0 Å². The molecule has 0 spiro atoms. The van der Waals surface area contributed by atoms with Gasteiger partial charge in [-0.25, -0.2) is 9.63 Å². The molecule has 9 heteroatoms. The monoisotopic (exact) mass is 361 g/mol. The SMILES string of the molecule is CC(=O)Nc1ccc(S(=O)(=O)N/N=C/c2ccccc2)cc1C(=O)O. The molecule has 2 rings (SSSR count). The van der Waals surface area contributed by atoms with Crippen molar-refractivity contribution in [3.8, 4) is 0 Å². The standard InChI is InChI=1S/C16H15N3O5S/c1-11(20)18-15-8-7-13(9-14(15)16(21)22)25(23,24)19-17-10-12-5-3-2-4-6-12/h2-10,19H,1H3,(H,18,20)(H,21,22)/b17-10+. The summed E-state index contributed by atoms with van der Waals surface area (Å²) in [5, 5.41) is 15.2. The Kier molecular flexibility index (Phi) is 5.50. The van der Waals surface area contributed by atoms with Crippen molar-refractivity contribution in [2.24, 2.45) is 5.10 Å². The number of carbonyl (C=O) groups excluding carboxylic acids is 1. The topological polar surface area (TPSA) is 125 Å². The zero-order valence-corrected chi connectivity index (χ0v) is 13.9. The first-order valence-corrected chi connectivity index (χ1v) is 8.53. The van der Waals surface area contributed by atoms with Crippen LogP contribution in [0.3, 0.4) is 0 Å². The highest BCUT2D eigenvalue weighted by molar-refractivity contribution is 7.89. The van der Waals surface area contributed by atoms with Crippen LogP contribution in [0.25, 0.3) is 0 Å². The highest BCUT2D eigenvalue weighted by atomic mass is 32.2. The van der Waals surface area contributed by atoms with Crippen LogP contribution in [0.5, 0.6) is 0 Å². The number of aromatic carboxylic acids is 1. The van der Waals surface area contributed by atoms with Crippen molar-refractivity contribution in [1.82, 2.24) is 4.83 Å². The number of rotatable bonds is 6. The quantitative estimate of drug-likeness (QED) is 0.533. The fraction of sp³-hybridized carbons (Fsp3) is 0.0625. The lowest BCUT2D eigenvalue weighted by Gasteiger charge is -2.09. The molecule has 0 saturated heterocycles. The fourth-order valence-electron chi connectivity index (χ4n) is 1.93. The number of carboxylic acids is 1. The predicted molar refractivity (Wildman–Crippen MR) is 92.1 cm³/mol. The Morgan fingerprint density at radius 1 is 1.12 bits per heavy atom. The van der Waals surface area contributed by atoms with Crippen LogP contribution in [0, 0.1) is 0 Å². The minimum Gasteiger partial charge on any atom is -0.478 e. The lowest BCUT2D eigenvalue weighted by atomic mass is 10.2. The van der Waals surface area contributed by atoms with Crippen LogP contribution < -0.4 is 10.1 Å². The molecule has 3 N–H and O–H groups in total. The van der Waals surface area contributed by atoms with E-state index in [0.717, 1.165) is 6.07 Å². The summed E-state index contributed by atoms with van der Waals surface area (Å²) >= 11 is 0. The van der Waals surface area contributed by atoms with E-state index in [1.54, 1.807) is 24.3 Å². The molecule has 0 aromatic heterocycles. The molecular formula is C16H15N3O5S. The van der Waals surface area contributed by atoms with Gasteiger partial charge in [0.2, 0.25) is 5.91 Å². The van der Waals surface area contributed by atoms with Gasteiger partial charge in [0.05, 0.1) is 22.4 Å². The molecule has 2 aromatic carbocycles. The van der Waals surface area contributed by atoms with Gasteiger partial charge in [0.25, 0.3) is 10.0 Å². The van der Waals surface area contributed by atoms with E-state index in [-0.39, 0.29) is 16.1 Å². The molecular weight excluding hydrogens is 346 g/mol. The van der Waals surface area contributed by atoms with Gasteiger partial charge in [-0.2, -0.15) is 13.5 Å². The minimum atomic E-state index is -4.06. The van der Waals surface area contributed by atoms with Crippen LogP contribution in [-0.4, -0.2) is 31.6 Å². The second kappa shape index (κ2) is 7.58. The summed E-state index contributed by atoms with van der Waals surface area (Å²) in [5.41, 5.74) is 0.356. The smallest absolute Gasteiger partial charge is 0.337 e. The van der Waals surface area contributed by atoms with Gasteiger partial charge >= 0.3 is 5.97 Å². The molecule has 0 fully saturated rings. The van der Waals surface area contributed by atoms with Crippen LogP contribution >= 0.6 is 0 Å². The lowest BCUT2D eigenvalue weighted by molar-refractivity contribution is -0.114. The zero-order valence-electron chi connectivity index (χ0n) is 13.1. The molecule has 2 aromatic rings. The van der Waals surface area contributed by atoms with E-state index in [4.69, 9.17) is 0 Å². The summed E-state index contributed by atoms with van der Waals surface area (Å²) in [6.07, 6.45) is 1.32. The van der Waals surface area contributed by atoms with E-state index in [1.807, 2.05) is 10.9 Å². The lowest BCUT2D eigenvalue weighted by Crippen LogP contribution is -2.19. The molecule has 0 saturated carbocycles. The van der Waals surface area contributed by atoms with Crippen molar-refractivity contribution in [2.75, 3.05) is 5.32 Å². The average molecular weight is 361 g/mol. The molecule has 0 unspecified atom stereocenters. The van der Waals surface area contributed by atoms with Gasteiger partial charge in [-0.05, 0) is 23.8 Å². The number of nitrogens with one attached hydrogen (secondary N) is 2.